The second kappa shape index (κ2) is 4.31. The molecular weight excluding hydrogens is 260 g/mol. The molecule has 0 spiro atoms. The Morgan fingerprint density at radius 2 is 2.05 bits per heavy atom. The van der Waals surface area contributed by atoms with Crippen molar-refractivity contribution in [1.29, 1.82) is 0 Å². The Hall–Kier alpha value is -1.95. The molecular formula is C13H14N4OS. The van der Waals surface area contributed by atoms with E-state index in [-0.39, 0.29) is 11.7 Å². The highest BCUT2D eigenvalue weighted by atomic mass is 32.1. The van der Waals surface area contributed by atoms with Gasteiger partial charge in [0, 0.05) is 11.5 Å². The van der Waals surface area contributed by atoms with Crippen LogP contribution in [0.5, 0.6) is 5.75 Å². The molecule has 0 aliphatic carbocycles. The topological polar surface area (TPSA) is 63.3 Å². The van der Waals surface area contributed by atoms with Gasteiger partial charge in [-0.3, -0.25) is 0 Å². The number of phenols is 1. The molecule has 0 atom stereocenters. The lowest BCUT2D eigenvalue weighted by molar-refractivity contribution is 0.475. The molecule has 0 bridgehead atoms. The molecule has 3 aromatic rings. The van der Waals surface area contributed by atoms with Gasteiger partial charge in [0.15, 0.2) is 5.82 Å². The Labute approximate surface area is 114 Å². The number of hydrogen-bond acceptors (Lipinski definition) is 5. The lowest BCUT2D eigenvalue weighted by Gasteiger charge is -2.02. The fourth-order valence-corrected chi connectivity index (χ4v) is 2.93. The minimum Gasteiger partial charge on any atom is -0.508 e. The third-order valence-corrected chi connectivity index (χ3v) is 3.90. The second-order valence-corrected chi connectivity index (χ2v) is 5.77. The van der Waals surface area contributed by atoms with Gasteiger partial charge in [-0.05, 0) is 30.7 Å². The molecule has 1 aromatic carbocycles. The van der Waals surface area contributed by atoms with Crippen molar-refractivity contribution < 1.29 is 5.11 Å². The summed E-state index contributed by atoms with van der Waals surface area (Å²) in [4.78, 5) is 0.797. The Morgan fingerprint density at radius 3 is 2.74 bits per heavy atom. The zero-order valence-electron chi connectivity index (χ0n) is 11.0. The summed E-state index contributed by atoms with van der Waals surface area (Å²) in [6.07, 6.45) is 0. The number of rotatable bonds is 2. The van der Waals surface area contributed by atoms with Gasteiger partial charge in [-0.15, -0.1) is 10.2 Å². The zero-order chi connectivity index (χ0) is 13.6. The first-order valence-electron chi connectivity index (χ1n) is 6.08. The molecule has 0 radical (unpaired) electrons. The molecule has 0 saturated heterocycles. The predicted molar refractivity (Wildman–Crippen MR) is 74.6 cm³/mol. The molecule has 0 unspecified atom stereocenters. The van der Waals surface area contributed by atoms with Gasteiger partial charge in [0.25, 0.3) is 0 Å². The van der Waals surface area contributed by atoms with Crippen molar-refractivity contribution in [3.63, 3.8) is 0 Å². The van der Waals surface area contributed by atoms with Crippen molar-refractivity contribution in [2.75, 3.05) is 0 Å². The van der Waals surface area contributed by atoms with Gasteiger partial charge < -0.3 is 5.11 Å². The fourth-order valence-electron chi connectivity index (χ4n) is 1.99. The molecule has 2 aromatic heterocycles. The van der Waals surface area contributed by atoms with Crippen LogP contribution < -0.4 is 0 Å². The quantitative estimate of drug-likeness (QED) is 0.780. The standard InChI is InChI=1S/C13H14N4OS/c1-7(2)11-14-15-13-17(11)16-12(19-13)10-5-4-9(18)6-8(10)3/h4-7,18H,1-3H3. The lowest BCUT2D eigenvalue weighted by Crippen LogP contribution is -1.98. The van der Waals surface area contributed by atoms with E-state index in [1.165, 1.54) is 11.3 Å². The van der Waals surface area contributed by atoms with Crippen LogP contribution in [0.4, 0.5) is 0 Å². The van der Waals surface area contributed by atoms with E-state index in [0.29, 0.717) is 0 Å². The molecule has 1 N–H and O–H groups in total. The van der Waals surface area contributed by atoms with Gasteiger partial charge in [-0.1, -0.05) is 25.2 Å². The van der Waals surface area contributed by atoms with Crippen molar-refractivity contribution >= 4 is 16.3 Å². The Morgan fingerprint density at radius 1 is 1.26 bits per heavy atom. The summed E-state index contributed by atoms with van der Waals surface area (Å²) in [5.41, 5.74) is 2.01. The summed E-state index contributed by atoms with van der Waals surface area (Å²) in [5.74, 6) is 1.42. The van der Waals surface area contributed by atoms with E-state index < -0.39 is 0 Å². The van der Waals surface area contributed by atoms with Crippen molar-refractivity contribution in [2.45, 2.75) is 26.7 Å². The summed E-state index contributed by atoms with van der Waals surface area (Å²) < 4.78 is 1.80. The third-order valence-electron chi connectivity index (χ3n) is 2.97. The number of fused-ring (bicyclic) bond motifs is 1. The SMILES string of the molecule is Cc1cc(O)ccc1-c1nn2c(C(C)C)nnc2s1. The molecule has 0 amide bonds. The number of aromatic nitrogens is 4. The Bertz CT molecular complexity index is 744. The molecule has 0 aliphatic heterocycles. The van der Waals surface area contributed by atoms with Crippen LogP contribution in [-0.4, -0.2) is 24.9 Å². The average Bonchev–Trinajstić information content (AvgIpc) is 2.87. The van der Waals surface area contributed by atoms with Gasteiger partial charge in [0.05, 0.1) is 0 Å². The smallest absolute Gasteiger partial charge is 0.234 e. The molecule has 0 fully saturated rings. The highest BCUT2D eigenvalue weighted by Gasteiger charge is 2.16. The summed E-state index contributed by atoms with van der Waals surface area (Å²) >= 11 is 1.51. The monoisotopic (exact) mass is 274 g/mol. The first-order valence-corrected chi connectivity index (χ1v) is 6.90. The van der Waals surface area contributed by atoms with Gasteiger partial charge in [0.2, 0.25) is 4.96 Å². The zero-order valence-corrected chi connectivity index (χ0v) is 11.8. The minimum atomic E-state index is 0.270. The van der Waals surface area contributed by atoms with Gasteiger partial charge in [-0.25, -0.2) is 0 Å². The number of aromatic hydroxyl groups is 1. The molecule has 19 heavy (non-hydrogen) atoms. The van der Waals surface area contributed by atoms with Crippen LogP contribution in [-0.2, 0) is 0 Å². The summed E-state index contributed by atoms with van der Waals surface area (Å²) in [7, 11) is 0. The maximum Gasteiger partial charge on any atom is 0.234 e. The van der Waals surface area contributed by atoms with Crippen molar-refractivity contribution in [3.05, 3.63) is 29.6 Å². The molecule has 5 nitrogen and oxygen atoms in total. The van der Waals surface area contributed by atoms with Crippen LogP contribution in [0, 0.1) is 6.92 Å². The minimum absolute atomic E-state index is 0.270. The number of aryl methyl sites for hydroxylation is 1. The Kier molecular flexibility index (Phi) is 2.74. The van der Waals surface area contributed by atoms with E-state index in [2.05, 4.69) is 29.1 Å². The van der Waals surface area contributed by atoms with E-state index in [9.17, 15) is 5.11 Å². The van der Waals surface area contributed by atoms with Crippen molar-refractivity contribution in [3.8, 4) is 16.3 Å². The van der Waals surface area contributed by atoms with Gasteiger partial charge in [-0.2, -0.15) is 9.61 Å². The average molecular weight is 274 g/mol. The molecule has 6 heteroatoms. The highest BCUT2D eigenvalue weighted by molar-refractivity contribution is 7.19. The van der Waals surface area contributed by atoms with Gasteiger partial charge >= 0.3 is 0 Å². The molecule has 0 saturated carbocycles. The molecule has 98 valence electrons. The first-order chi connectivity index (χ1) is 9.06. The molecule has 3 rings (SSSR count). The van der Waals surface area contributed by atoms with E-state index >= 15 is 0 Å². The van der Waals surface area contributed by atoms with Crippen molar-refractivity contribution in [1.82, 2.24) is 19.8 Å². The van der Waals surface area contributed by atoms with Gasteiger partial charge in [0.1, 0.15) is 10.8 Å². The number of benzene rings is 1. The third kappa shape index (κ3) is 1.98. The van der Waals surface area contributed by atoms with E-state index in [1.807, 2.05) is 13.0 Å². The second-order valence-electron chi connectivity index (χ2n) is 4.81. The lowest BCUT2D eigenvalue weighted by atomic mass is 10.1. The van der Waals surface area contributed by atoms with Crippen molar-refractivity contribution in [2.24, 2.45) is 0 Å². The number of nitrogens with zero attached hydrogens (tertiary/aromatic N) is 4. The highest BCUT2D eigenvalue weighted by Crippen LogP contribution is 2.30. The number of phenolic OH excluding ortho intramolecular Hbond substituents is 1. The van der Waals surface area contributed by atoms with Crippen LogP contribution >= 0.6 is 11.3 Å². The first kappa shape index (κ1) is 12.1. The van der Waals surface area contributed by atoms with Crippen LogP contribution in [0.3, 0.4) is 0 Å². The van der Waals surface area contributed by atoms with Crippen LogP contribution in [0.2, 0.25) is 0 Å². The summed E-state index contributed by atoms with van der Waals surface area (Å²) in [5, 5.41) is 23.2. The normalized spacial score (nSPS) is 11.6. The van der Waals surface area contributed by atoms with Crippen LogP contribution in [0.1, 0.15) is 31.2 Å². The summed E-state index contributed by atoms with van der Waals surface area (Å²) in [6.45, 7) is 6.10. The fraction of sp³-hybridized carbons (Fsp3) is 0.308. The molecule has 0 aliphatic rings. The predicted octanol–water partition coefficient (Wildman–Crippen LogP) is 2.99. The summed E-state index contributed by atoms with van der Waals surface area (Å²) in [6, 6.07) is 5.29. The van der Waals surface area contributed by atoms with E-state index in [1.54, 1.807) is 16.6 Å². The van der Waals surface area contributed by atoms with E-state index in [0.717, 1.165) is 26.9 Å². The Balaban J connectivity index is 2.15. The van der Waals surface area contributed by atoms with Crippen LogP contribution in [0.25, 0.3) is 15.5 Å². The van der Waals surface area contributed by atoms with E-state index in [4.69, 9.17) is 0 Å². The largest absolute Gasteiger partial charge is 0.508 e. The molecule has 2 heterocycles. The maximum atomic E-state index is 9.46. The maximum absolute atomic E-state index is 9.46. The van der Waals surface area contributed by atoms with Crippen LogP contribution in [0.15, 0.2) is 18.2 Å². The number of hydrogen-bond donors (Lipinski definition) is 1.